The van der Waals surface area contributed by atoms with Gasteiger partial charge in [-0.1, -0.05) is 20.8 Å². The Morgan fingerprint density at radius 2 is 1.60 bits per heavy atom. The van der Waals surface area contributed by atoms with Gasteiger partial charge in [0.15, 0.2) is 9.04 Å². The summed E-state index contributed by atoms with van der Waals surface area (Å²) in [6.07, 6.45) is 0.402. The van der Waals surface area contributed by atoms with Gasteiger partial charge in [0.1, 0.15) is 0 Å². The molecule has 0 aliphatic heterocycles. The summed E-state index contributed by atoms with van der Waals surface area (Å²) < 4.78 is 5.75. The van der Waals surface area contributed by atoms with Crippen LogP contribution in [0.15, 0.2) is 0 Å². The molecule has 62 valence electrons. The molecule has 0 amide bonds. The first-order valence-electron chi connectivity index (χ1n) is 3.99. The smallest absolute Gasteiger partial charge is 0.171 e. The lowest BCUT2D eigenvalue weighted by atomic mass is 9.91. The summed E-state index contributed by atoms with van der Waals surface area (Å²) in [5, 5.41) is 0. The lowest BCUT2D eigenvalue weighted by Crippen LogP contribution is -2.30. The van der Waals surface area contributed by atoms with Crippen LogP contribution in [-0.2, 0) is 4.43 Å². The van der Waals surface area contributed by atoms with E-state index < -0.39 is 9.04 Å². The molecule has 1 nitrogen and oxygen atoms in total. The van der Waals surface area contributed by atoms with Crippen LogP contribution in [0.1, 0.15) is 27.7 Å². The monoisotopic (exact) mass is 160 g/mol. The van der Waals surface area contributed by atoms with Crippen LogP contribution < -0.4 is 0 Å². The van der Waals surface area contributed by atoms with Crippen molar-refractivity contribution in [3.8, 4) is 0 Å². The molecule has 2 heteroatoms. The van der Waals surface area contributed by atoms with E-state index >= 15 is 0 Å². The Labute approximate surface area is 66.5 Å². The fourth-order valence-electron chi connectivity index (χ4n) is 0.612. The Morgan fingerprint density at radius 1 is 1.20 bits per heavy atom. The average Bonchev–Trinajstić information content (AvgIpc) is 1.60. The molecule has 1 atom stereocenters. The third-order valence-corrected chi connectivity index (χ3v) is 2.65. The molecule has 0 heterocycles. The molecule has 1 unspecified atom stereocenters. The molecule has 0 saturated heterocycles. The first-order valence-corrected chi connectivity index (χ1v) is 6.77. The van der Waals surface area contributed by atoms with E-state index in [2.05, 4.69) is 40.8 Å². The van der Waals surface area contributed by atoms with Crippen LogP contribution in [0, 0.1) is 5.41 Å². The van der Waals surface area contributed by atoms with Gasteiger partial charge in [0.05, 0.1) is 0 Å². The van der Waals surface area contributed by atoms with Gasteiger partial charge in [0, 0.05) is 6.10 Å². The van der Waals surface area contributed by atoms with Crippen molar-refractivity contribution in [1.82, 2.24) is 0 Å². The van der Waals surface area contributed by atoms with E-state index in [9.17, 15) is 0 Å². The van der Waals surface area contributed by atoms with Crippen LogP contribution >= 0.6 is 0 Å². The van der Waals surface area contributed by atoms with Crippen LogP contribution in [0.25, 0.3) is 0 Å². The van der Waals surface area contributed by atoms with Gasteiger partial charge in [-0.2, -0.15) is 0 Å². The zero-order chi connectivity index (χ0) is 8.36. The summed E-state index contributed by atoms with van der Waals surface area (Å²) >= 11 is 0. The Hall–Kier alpha value is 0.177. The van der Waals surface area contributed by atoms with Crippen LogP contribution in [0.4, 0.5) is 0 Å². The van der Waals surface area contributed by atoms with Crippen molar-refractivity contribution in [2.45, 2.75) is 46.9 Å². The van der Waals surface area contributed by atoms with E-state index in [1.807, 2.05) is 0 Å². The Morgan fingerprint density at radius 3 is 1.70 bits per heavy atom. The van der Waals surface area contributed by atoms with Crippen molar-refractivity contribution in [2.24, 2.45) is 5.41 Å². The normalized spacial score (nSPS) is 15.9. The largest absolute Gasteiger partial charge is 0.417 e. The minimum Gasteiger partial charge on any atom is -0.417 e. The molecule has 0 aliphatic rings. The van der Waals surface area contributed by atoms with Crippen molar-refractivity contribution in [3.05, 3.63) is 0 Å². The molecule has 10 heavy (non-hydrogen) atoms. The fraction of sp³-hybridized carbons (Fsp3) is 1.00. The number of rotatable bonds is 2. The van der Waals surface area contributed by atoms with Crippen molar-refractivity contribution in [1.29, 1.82) is 0 Å². The molecule has 0 saturated carbocycles. The Balaban J connectivity index is 3.73. The third-order valence-electron chi connectivity index (χ3n) is 1.70. The van der Waals surface area contributed by atoms with Gasteiger partial charge in [-0.25, -0.2) is 0 Å². The minimum absolute atomic E-state index is 0.303. The first kappa shape index (κ1) is 10.2. The Bertz CT molecular complexity index is 93.9. The SMILES string of the molecule is CC(O[SiH](C)C)C(C)(C)C. The molecule has 0 aliphatic carbocycles. The summed E-state index contributed by atoms with van der Waals surface area (Å²) in [6, 6.07) is 0. The van der Waals surface area contributed by atoms with Gasteiger partial charge in [-0.3, -0.25) is 0 Å². The maximum absolute atomic E-state index is 5.75. The highest BCUT2D eigenvalue weighted by molar-refractivity contribution is 6.48. The highest BCUT2D eigenvalue weighted by Crippen LogP contribution is 2.21. The Kier molecular flexibility index (Phi) is 3.60. The van der Waals surface area contributed by atoms with Gasteiger partial charge in [-0.05, 0) is 25.4 Å². The molecule has 0 radical (unpaired) electrons. The number of hydrogen-bond donors (Lipinski definition) is 0. The van der Waals surface area contributed by atoms with E-state index in [0.29, 0.717) is 11.5 Å². The van der Waals surface area contributed by atoms with E-state index in [-0.39, 0.29) is 0 Å². The predicted octanol–water partition coefficient (Wildman–Crippen LogP) is 2.42. The molecular weight excluding hydrogens is 140 g/mol. The van der Waals surface area contributed by atoms with Gasteiger partial charge in [0.2, 0.25) is 0 Å². The maximum atomic E-state index is 5.75. The van der Waals surface area contributed by atoms with E-state index in [1.165, 1.54) is 0 Å². The molecule has 0 bridgehead atoms. The topological polar surface area (TPSA) is 9.23 Å². The minimum atomic E-state index is -0.828. The molecule has 0 spiro atoms. The number of hydrogen-bond acceptors (Lipinski definition) is 1. The molecule has 0 aromatic rings. The standard InChI is InChI=1S/C8H20OSi/c1-7(8(2,3)4)9-10(5)6/h7,10H,1-6H3. The molecule has 0 N–H and O–H groups in total. The highest BCUT2D eigenvalue weighted by Gasteiger charge is 2.20. The van der Waals surface area contributed by atoms with Crippen LogP contribution in [0.2, 0.25) is 13.1 Å². The molecule has 0 fully saturated rings. The van der Waals surface area contributed by atoms with Gasteiger partial charge >= 0.3 is 0 Å². The first-order chi connectivity index (χ1) is 4.34. The predicted molar refractivity (Wildman–Crippen MR) is 48.9 cm³/mol. The van der Waals surface area contributed by atoms with Crippen molar-refractivity contribution in [3.63, 3.8) is 0 Å². The highest BCUT2D eigenvalue weighted by atomic mass is 28.3. The van der Waals surface area contributed by atoms with Crippen LogP contribution in [-0.4, -0.2) is 15.1 Å². The quantitative estimate of drug-likeness (QED) is 0.564. The molecule has 0 rings (SSSR count). The van der Waals surface area contributed by atoms with E-state index in [4.69, 9.17) is 4.43 Å². The maximum Gasteiger partial charge on any atom is 0.171 e. The molecule has 0 aromatic heterocycles. The van der Waals surface area contributed by atoms with E-state index in [1.54, 1.807) is 0 Å². The fourth-order valence-corrected chi connectivity index (χ4v) is 1.84. The van der Waals surface area contributed by atoms with Crippen molar-refractivity contribution >= 4 is 9.04 Å². The van der Waals surface area contributed by atoms with Crippen LogP contribution in [0.5, 0.6) is 0 Å². The summed E-state index contributed by atoms with van der Waals surface area (Å²) in [5.41, 5.74) is 0.303. The second-order valence-electron chi connectivity index (χ2n) is 4.19. The van der Waals surface area contributed by atoms with Gasteiger partial charge in [0.25, 0.3) is 0 Å². The van der Waals surface area contributed by atoms with Gasteiger partial charge in [-0.15, -0.1) is 0 Å². The lowest BCUT2D eigenvalue weighted by Gasteiger charge is -2.29. The van der Waals surface area contributed by atoms with Gasteiger partial charge < -0.3 is 4.43 Å². The van der Waals surface area contributed by atoms with Crippen molar-refractivity contribution in [2.75, 3.05) is 0 Å². The average molecular weight is 160 g/mol. The molecule has 0 aromatic carbocycles. The summed E-state index contributed by atoms with van der Waals surface area (Å²) in [5.74, 6) is 0. The summed E-state index contributed by atoms with van der Waals surface area (Å²) in [6.45, 7) is 13.2. The van der Waals surface area contributed by atoms with Crippen LogP contribution in [0.3, 0.4) is 0 Å². The third kappa shape index (κ3) is 4.07. The van der Waals surface area contributed by atoms with E-state index in [0.717, 1.165) is 0 Å². The lowest BCUT2D eigenvalue weighted by molar-refractivity contribution is 0.104. The van der Waals surface area contributed by atoms with Crippen molar-refractivity contribution < 1.29 is 4.43 Å². The second kappa shape index (κ2) is 3.53. The zero-order valence-electron chi connectivity index (χ0n) is 8.06. The second-order valence-corrected chi connectivity index (χ2v) is 6.56. The summed E-state index contributed by atoms with van der Waals surface area (Å²) in [7, 11) is -0.828. The molecular formula is C8H20OSi. The summed E-state index contributed by atoms with van der Waals surface area (Å²) in [4.78, 5) is 0. The zero-order valence-corrected chi connectivity index (χ0v) is 9.22.